The zero-order valence-electron chi connectivity index (χ0n) is 38.6. The molecule has 0 unspecified atom stereocenters. The van der Waals surface area contributed by atoms with Gasteiger partial charge in [-0.05, 0) is 152 Å². The van der Waals surface area contributed by atoms with Crippen molar-refractivity contribution in [1.82, 2.24) is 0 Å². The molecule has 1 aliphatic heterocycles. The largest absolute Gasteiger partial charge is 0.310 e. The van der Waals surface area contributed by atoms with Crippen molar-refractivity contribution in [2.75, 3.05) is 9.80 Å². The summed E-state index contributed by atoms with van der Waals surface area (Å²) in [7, 11) is 0. The van der Waals surface area contributed by atoms with Gasteiger partial charge in [-0.25, -0.2) is 0 Å². The fourth-order valence-electron chi connectivity index (χ4n) is 11.5. The summed E-state index contributed by atoms with van der Waals surface area (Å²) in [5.74, 6) is 0. The molecular formula is C65H44N2S3. The monoisotopic (exact) mass is 948 g/mol. The quantitative estimate of drug-likeness (QED) is 0.157. The van der Waals surface area contributed by atoms with Crippen LogP contribution in [0.5, 0.6) is 0 Å². The van der Waals surface area contributed by atoms with E-state index in [1.165, 1.54) is 114 Å². The second kappa shape index (κ2) is 16.1. The minimum absolute atomic E-state index is 0.483. The van der Waals surface area contributed by atoms with Crippen LogP contribution in [-0.2, 0) is 5.41 Å². The summed E-state index contributed by atoms with van der Waals surface area (Å²) in [4.78, 5) is 7.87. The number of nitrogens with zero attached hydrogens (tertiary/aromatic N) is 2. The predicted octanol–water partition coefficient (Wildman–Crippen LogP) is 19.4. The van der Waals surface area contributed by atoms with E-state index < -0.39 is 5.41 Å². The molecule has 0 atom stereocenters. The molecule has 5 heteroatoms. The van der Waals surface area contributed by atoms with E-state index in [0.29, 0.717) is 0 Å². The van der Waals surface area contributed by atoms with Crippen molar-refractivity contribution in [1.29, 1.82) is 0 Å². The Morgan fingerprint density at radius 1 is 0.400 bits per heavy atom. The average Bonchev–Trinajstić information content (AvgIpc) is 4.23. The Bertz CT molecular complexity index is 3830. The third kappa shape index (κ3) is 6.15. The van der Waals surface area contributed by atoms with Crippen LogP contribution < -0.4 is 9.80 Å². The van der Waals surface area contributed by atoms with E-state index in [9.17, 15) is 0 Å². The Kier molecular flexibility index (Phi) is 9.50. The molecule has 0 fully saturated rings. The summed E-state index contributed by atoms with van der Waals surface area (Å²) >= 11 is 5.69. The van der Waals surface area contributed by atoms with E-state index >= 15 is 0 Å². The van der Waals surface area contributed by atoms with E-state index in [0.717, 1.165) is 17.1 Å². The van der Waals surface area contributed by atoms with Crippen molar-refractivity contribution >= 4 is 88.3 Å². The molecule has 1 aliphatic carbocycles. The molecule has 4 heterocycles. The molecule has 12 aromatic rings. The lowest BCUT2D eigenvalue weighted by molar-refractivity contribution is 0.758. The summed E-state index contributed by atoms with van der Waals surface area (Å²) in [6, 6.07) is 81.2. The van der Waals surface area contributed by atoms with Crippen molar-refractivity contribution in [2.45, 2.75) is 19.3 Å². The fourth-order valence-corrected chi connectivity index (χ4v) is 14.8. The number of hydrogen-bond donors (Lipinski definition) is 0. The van der Waals surface area contributed by atoms with Gasteiger partial charge in [0.25, 0.3) is 0 Å². The van der Waals surface area contributed by atoms with Gasteiger partial charge in [0.15, 0.2) is 0 Å². The molecule has 0 saturated carbocycles. The molecule has 0 saturated heterocycles. The normalized spacial score (nSPS) is 13.1. The highest BCUT2D eigenvalue weighted by atomic mass is 32.1. The number of rotatable bonds is 7. The molecule has 0 N–H and O–H groups in total. The highest BCUT2D eigenvalue weighted by molar-refractivity contribution is 7.26. The molecule has 14 rings (SSSR count). The molecule has 2 nitrogen and oxygen atoms in total. The lowest BCUT2D eigenvalue weighted by atomic mass is 9.65. The first kappa shape index (κ1) is 41.2. The van der Waals surface area contributed by atoms with Gasteiger partial charge in [-0.1, -0.05) is 158 Å². The van der Waals surface area contributed by atoms with Gasteiger partial charge in [0, 0.05) is 48.0 Å². The Labute approximate surface area is 420 Å². The first-order chi connectivity index (χ1) is 34.5. The minimum atomic E-state index is -0.483. The number of benzene rings is 9. The van der Waals surface area contributed by atoms with Crippen LogP contribution in [0.15, 0.2) is 229 Å². The van der Waals surface area contributed by atoms with Crippen LogP contribution in [0.4, 0.5) is 34.1 Å². The fraction of sp³-hybridized carbons (Fsp3) is 0.0462. The highest BCUT2D eigenvalue weighted by Gasteiger charge is 2.53. The van der Waals surface area contributed by atoms with Gasteiger partial charge in [-0.2, -0.15) is 0 Å². The number of aryl methyl sites for hydroxylation is 2. The summed E-state index contributed by atoms with van der Waals surface area (Å²) < 4.78 is 2.62. The second-order valence-corrected chi connectivity index (χ2v) is 21.4. The second-order valence-electron chi connectivity index (χ2n) is 18.5. The summed E-state index contributed by atoms with van der Waals surface area (Å²) in [6.07, 6.45) is 0. The molecule has 0 radical (unpaired) electrons. The Morgan fingerprint density at radius 2 is 0.914 bits per heavy atom. The maximum atomic E-state index is 2.65. The maximum Gasteiger partial charge on any atom is 0.0771 e. The van der Waals surface area contributed by atoms with Crippen LogP contribution in [0, 0.1) is 13.8 Å². The smallest absolute Gasteiger partial charge is 0.0771 e. The molecular weight excluding hydrogens is 905 g/mol. The van der Waals surface area contributed by atoms with Gasteiger partial charge in [0.2, 0.25) is 0 Å². The zero-order valence-corrected chi connectivity index (χ0v) is 41.0. The molecule has 3 aromatic heterocycles. The van der Waals surface area contributed by atoms with Gasteiger partial charge in [0.1, 0.15) is 0 Å². The molecule has 70 heavy (non-hydrogen) atoms. The van der Waals surface area contributed by atoms with Crippen molar-refractivity contribution in [3.8, 4) is 43.1 Å². The summed E-state index contributed by atoms with van der Waals surface area (Å²) in [5, 5.41) is 7.21. The van der Waals surface area contributed by atoms with Crippen LogP contribution in [0.1, 0.15) is 33.4 Å². The van der Waals surface area contributed by atoms with E-state index in [2.05, 4.69) is 253 Å². The van der Waals surface area contributed by atoms with Crippen molar-refractivity contribution in [2.24, 2.45) is 0 Å². The molecule has 332 valence electrons. The van der Waals surface area contributed by atoms with Crippen molar-refractivity contribution in [3.05, 3.63) is 263 Å². The Balaban J connectivity index is 1.01. The van der Waals surface area contributed by atoms with Crippen LogP contribution >= 0.6 is 34.0 Å². The lowest BCUT2D eigenvalue weighted by Gasteiger charge is -2.45. The molecule has 2 aliphatic rings. The maximum absolute atomic E-state index is 2.65. The number of anilines is 6. The summed E-state index contributed by atoms with van der Waals surface area (Å²) in [6.45, 7) is 4.61. The third-order valence-corrected chi connectivity index (χ3v) is 17.9. The minimum Gasteiger partial charge on any atom is -0.310 e. The van der Waals surface area contributed by atoms with Crippen LogP contribution in [-0.4, -0.2) is 0 Å². The first-order valence-corrected chi connectivity index (χ1v) is 26.5. The number of fused-ring (bicyclic) bond motifs is 13. The van der Waals surface area contributed by atoms with Crippen LogP contribution in [0.2, 0.25) is 0 Å². The summed E-state index contributed by atoms with van der Waals surface area (Å²) in [5.41, 5.74) is 21.6. The topological polar surface area (TPSA) is 6.48 Å². The third-order valence-electron chi connectivity index (χ3n) is 14.7. The number of hydrogen-bond acceptors (Lipinski definition) is 5. The van der Waals surface area contributed by atoms with E-state index in [4.69, 9.17) is 0 Å². The highest BCUT2D eigenvalue weighted by Crippen LogP contribution is 2.67. The molecule has 0 bridgehead atoms. The Hall–Kier alpha value is -7.80. The Morgan fingerprint density at radius 3 is 1.51 bits per heavy atom. The van der Waals surface area contributed by atoms with Gasteiger partial charge in [-0.3, -0.25) is 0 Å². The van der Waals surface area contributed by atoms with E-state index in [1.807, 2.05) is 34.0 Å². The standard InChI is InChI=1S/C65H44N2S3/c1-41-39-58(42(2)38-57(41)66(49-27-22-46(23-28-49)43-14-6-3-7-15-43)50-29-24-47(25-30-50)44-16-8-4-9-17-44)67-59-40-48(45-18-10-5-11-19-45)26-32-53(59)65(55-34-36-68-63(55)64-56(65)35-37-69-64)54-33-31-52-51-20-12-13-21-60(51)70-62(52)61(54)67/h3-40H,1-2H3. The zero-order chi connectivity index (χ0) is 46.5. The van der Waals surface area contributed by atoms with Gasteiger partial charge in [-0.15, -0.1) is 34.0 Å². The van der Waals surface area contributed by atoms with Gasteiger partial charge >= 0.3 is 0 Å². The predicted molar refractivity (Wildman–Crippen MR) is 301 cm³/mol. The average molecular weight is 949 g/mol. The van der Waals surface area contributed by atoms with E-state index in [1.54, 1.807) is 0 Å². The van der Waals surface area contributed by atoms with Crippen molar-refractivity contribution in [3.63, 3.8) is 0 Å². The molecule has 1 spiro atoms. The van der Waals surface area contributed by atoms with Gasteiger partial charge < -0.3 is 9.80 Å². The van der Waals surface area contributed by atoms with Crippen LogP contribution in [0.3, 0.4) is 0 Å². The van der Waals surface area contributed by atoms with Crippen molar-refractivity contribution < 1.29 is 0 Å². The van der Waals surface area contributed by atoms with Crippen LogP contribution in [0.25, 0.3) is 63.3 Å². The molecule has 0 amide bonds. The first-order valence-electron chi connectivity index (χ1n) is 23.9. The lowest BCUT2D eigenvalue weighted by Crippen LogP contribution is -2.36. The number of thiophene rings is 3. The SMILES string of the molecule is Cc1cc(N2c3cc(-c4ccccc4)ccc3C3(c4ccsc4-c4sccc43)c3ccc4c(sc5ccccc54)c32)c(C)cc1N(c1ccc(-c2ccccc2)cc1)c1ccc(-c2ccccc2)cc1. The van der Waals surface area contributed by atoms with E-state index in [-0.39, 0.29) is 0 Å². The van der Waals surface area contributed by atoms with Gasteiger partial charge in [0.05, 0.1) is 21.5 Å². The molecule has 9 aromatic carbocycles.